The number of amides is 3. The molecule has 21 heavy (non-hydrogen) atoms. The van der Waals surface area contributed by atoms with Gasteiger partial charge in [0.25, 0.3) is 0 Å². The summed E-state index contributed by atoms with van der Waals surface area (Å²) in [6.07, 6.45) is 3.81. The van der Waals surface area contributed by atoms with Gasteiger partial charge in [0.2, 0.25) is 5.91 Å². The highest BCUT2D eigenvalue weighted by molar-refractivity contribution is 5.86. The van der Waals surface area contributed by atoms with Gasteiger partial charge in [0.15, 0.2) is 0 Å². The number of urea groups is 1. The van der Waals surface area contributed by atoms with Crippen LogP contribution in [0.1, 0.15) is 45.4 Å². The number of nitrogens with zero attached hydrogens (tertiary/aromatic N) is 1. The highest BCUT2D eigenvalue weighted by Crippen LogP contribution is 2.17. The van der Waals surface area contributed by atoms with Crippen LogP contribution in [-0.2, 0) is 9.59 Å². The summed E-state index contributed by atoms with van der Waals surface area (Å²) in [6, 6.07) is -0.761. The van der Waals surface area contributed by atoms with Crippen molar-refractivity contribution in [3.63, 3.8) is 0 Å². The number of rotatable bonds is 8. The Kier molecular flexibility index (Phi) is 6.98. The molecule has 0 aliphatic carbocycles. The molecule has 0 aromatic rings. The van der Waals surface area contributed by atoms with E-state index in [4.69, 9.17) is 10.8 Å². The number of hydrogen-bond acceptors (Lipinski definition) is 3. The summed E-state index contributed by atoms with van der Waals surface area (Å²) in [4.78, 5) is 35.3. The molecule has 3 amide bonds. The quantitative estimate of drug-likeness (QED) is 0.618. The lowest BCUT2D eigenvalue weighted by molar-refractivity contribution is -0.137. The van der Waals surface area contributed by atoms with Crippen LogP contribution < -0.4 is 11.1 Å². The Balaban J connectivity index is 2.32. The Morgan fingerprint density at radius 3 is 2.67 bits per heavy atom. The van der Waals surface area contributed by atoms with Gasteiger partial charge >= 0.3 is 12.0 Å². The molecule has 1 fully saturated rings. The van der Waals surface area contributed by atoms with E-state index in [0.29, 0.717) is 25.9 Å². The molecule has 7 nitrogen and oxygen atoms in total. The summed E-state index contributed by atoms with van der Waals surface area (Å²) in [5, 5.41) is 11.5. The number of nitrogens with two attached hydrogens (primary N) is 1. The lowest BCUT2D eigenvalue weighted by Gasteiger charge is -2.23. The Labute approximate surface area is 124 Å². The molecule has 7 heteroatoms. The lowest BCUT2D eigenvalue weighted by atomic mass is 9.97. The summed E-state index contributed by atoms with van der Waals surface area (Å²) in [7, 11) is 0. The van der Waals surface area contributed by atoms with Crippen LogP contribution in [0, 0.1) is 5.92 Å². The van der Waals surface area contributed by atoms with Gasteiger partial charge in [-0.2, -0.15) is 0 Å². The maximum Gasteiger partial charge on any atom is 0.318 e. The molecule has 0 saturated carbocycles. The monoisotopic (exact) mass is 299 g/mol. The second-order valence-corrected chi connectivity index (χ2v) is 5.48. The molecule has 0 aromatic heterocycles. The number of carbonyl (C=O) groups excluding carboxylic acids is 2. The van der Waals surface area contributed by atoms with E-state index in [0.717, 1.165) is 19.3 Å². The van der Waals surface area contributed by atoms with Crippen LogP contribution in [0.25, 0.3) is 0 Å². The van der Waals surface area contributed by atoms with Crippen LogP contribution in [0.5, 0.6) is 0 Å². The molecular weight excluding hydrogens is 274 g/mol. The Hall–Kier alpha value is -1.79. The molecule has 1 saturated heterocycles. The first-order valence-electron chi connectivity index (χ1n) is 7.51. The van der Waals surface area contributed by atoms with E-state index in [2.05, 4.69) is 5.32 Å². The number of carbonyl (C=O) groups is 3. The van der Waals surface area contributed by atoms with Crippen molar-refractivity contribution < 1.29 is 19.5 Å². The third kappa shape index (κ3) is 5.61. The van der Waals surface area contributed by atoms with Gasteiger partial charge in [0.1, 0.15) is 6.04 Å². The second-order valence-electron chi connectivity index (χ2n) is 5.48. The number of likely N-dealkylation sites (tertiary alicyclic amines) is 1. The molecule has 0 spiro atoms. The van der Waals surface area contributed by atoms with Crippen molar-refractivity contribution in [1.29, 1.82) is 0 Å². The molecule has 4 N–H and O–H groups in total. The van der Waals surface area contributed by atoms with Crippen molar-refractivity contribution in [1.82, 2.24) is 10.2 Å². The van der Waals surface area contributed by atoms with Gasteiger partial charge < -0.3 is 21.1 Å². The fraction of sp³-hybridized carbons (Fsp3) is 0.786. The number of hydrogen-bond donors (Lipinski definition) is 3. The van der Waals surface area contributed by atoms with Crippen LogP contribution >= 0.6 is 0 Å². The van der Waals surface area contributed by atoms with Gasteiger partial charge in [-0.25, -0.2) is 4.79 Å². The molecule has 1 heterocycles. The number of carboxylic acid groups (broad SMARTS) is 1. The van der Waals surface area contributed by atoms with Crippen molar-refractivity contribution in [2.24, 2.45) is 11.7 Å². The standard InChI is InChI=1S/C14H25N3O4/c1-2-10(5-6-12(18)19)7-8-16-14(21)17-9-3-4-11(17)13(15)20/h10-11H,2-9H2,1H3,(H2,15,20)(H,16,21)(H,18,19). The van der Waals surface area contributed by atoms with Crippen LogP contribution in [-0.4, -0.2) is 47.0 Å². The molecule has 0 aromatic carbocycles. The predicted molar refractivity (Wildman–Crippen MR) is 77.6 cm³/mol. The third-order valence-corrected chi connectivity index (χ3v) is 4.01. The average molecular weight is 299 g/mol. The van der Waals surface area contributed by atoms with Crippen molar-refractivity contribution in [2.75, 3.05) is 13.1 Å². The third-order valence-electron chi connectivity index (χ3n) is 4.01. The first-order chi connectivity index (χ1) is 9.95. The summed E-state index contributed by atoms with van der Waals surface area (Å²) < 4.78 is 0. The predicted octanol–water partition coefficient (Wildman–Crippen LogP) is 0.927. The van der Waals surface area contributed by atoms with Crippen molar-refractivity contribution in [3.05, 3.63) is 0 Å². The van der Waals surface area contributed by atoms with Crippen LogP contribution in [0.3, 0.4) is 0 Å². The first-order valence-corrected chi connectivity index (χ1v) is 7.51. The van der Waals surface area contributed by atoms with Crippen LogP contribution in [0.4, 0.5) is 4.79 Å². The van der Waals surface area contributed by atoms with Gasteiger partial charge in [-0.15, -0.1) is 0 Å². The zero-order valence-corrected chi connectivity index (χ0v) is 12.5. The van der Waals surface area contributed by atoms with Gasteiger partial charge in [-0.3, -0.25) is 9.59 Å². The zero-order chi connectivity index (χ0) is 15.8. The van der Waals surface area contributed by atoms with Crippen molar-refractivity contribution in [2.45, 2.75) is 51.5 Å². The molecular formula is C14H25N3O4. The van der Waals surface area contributed by atoms with E-state index in [1.807, 2.05) is 6.92 Å². The molecule has 120 valence electrons. The minimum Gasteiger partial charge on any atom is -0.481 e. The molecule has 1 aliphatic rings. The Bertz CT molecular complexity index is 386. The molecule has 1 aliphatic heterocycles. The fourth-order valence-corrected chi connectivity index (χ4v) is 2.67. The van der Waals surface area contributed by atoms with Gasteiger partial charge in [-0.05, 0) is 31.6 Å². The van der Waals surface area contributed by atoms with E-state index >= 15 is 0 Å². The number of aliphatic carboxylic acids is 1. The topological polar surface area (TPSA) is 113 Å². The minimum atomic E-state index is -0.793. The van der Waals surface area contributed by atoms with E-state index in [9.17, 15) is 14.4 Å². The zero-order valence-electron chi connectivity index (χ0n) is 12.5. The van der Waals surface area contributed by atoms with Gasteiger partial charge in [-0.1, -0.05) is 13.3 Å². The number of carboxylic acids is 1. The molecule has 0 bridgehead atoms. The smallest absolute Gasteiger partial charge is 0.318 e. The van der Waals surface area contributed by atoms with E-state index in [1.54, 1.807) is 0 Å². The second kappa shape index (κ2) is 8.49. The summed E-state index contributed by atoms with van der Waals surface area (Å²) in [5.74, 6) is -0.971. The summed E-state index contributed by atoms with van der Waals surface area (Å²) in [6.45, 7) is 3.05. The molecule has 2 unspecified atom stereocenters. The summed E-state index contributed by atoms with van der Waals surface area (Å²) >= 11 is 0. The molecule has 1 rings (SSSR count). The lowest BCUT2D eigenvalue weighted by Crippen LogP contribution is -2.48. The Morgan fingerprint density at radius 2 is 2.10 bits per heavy atom. The van der Waals surface area contributed by atoms with Gasteiger partial charge in [0, 0.05) is 19.5 Å². The SMILES string of the molecule is CCC(CCNC(=O)N1CCCC1C(N)=O)CCC(=O)O. The summed E-state index contributed by atoms with van der Waals surface area (Å²) in [5.41, 5.74) is 5.28. The average Bonchev–Trinajstić information content (AvgIpc) is 2.91. The van der Waals surface area contributed by atoms with Crippen molar-refractivity contribution >= 4 is 17.9 Å². The normalized spacial score (nSPS) is 19.3. The van der Waals surface area contributed by atoms with Gasteiger partial charge in [0.05, 0.1) is 0 Å². The Morgan fingerprint density at radius 1 is 1.38 bits per heavy atom. The number of nitrogens with one attached hydrogen (secondary N) is 1. The maximum absolute atomic E-state index is 12.0. The highest BCUT2D eigenvalue weighted by Gasteiger charge is 2.32. The van der Waals surface area contributed by atoms with Crippen LogP contribution in [0.2, 0.25) is 0 Å². The fourth-order valence-electron chi connectivity index (χ4n) is 2.67. The highest BCUT2D eigenvalue weighted by atomic mass is 16.4. The first kappa shape index (κ1) is 17.3. The van der Waals surface area contributed by atoms with E-state index in [1.165, 1.54) is 4.90 Å². The largest absolute Gasteiger partial charge is 0.481 e. The number of primary amides is 1. The maximum atomic E-state index is 12.0. The molecule has 0 radical (unpaired) electrons. The molecule has 2 atom stereocenters. The van der Waals surface area contributed by atoms with Crippen LogP contribution in [0.15, 0.2) is 0 Å². The van der Waals surface area contributed by atoms with E-state index in [-0.39, 0.29) is 18.4 Å². The minimum absolute atomic E-state index is 0.155. The van der Waals surface area contributed by atoms with E-state index < -0.39 is 17.9 Å². The van der Waals surface area contributed by atoms with Crippen molar-refractivity contribution in [3.8, 4) is 0 Å².